The minimum absolute atomic E-state index is 0.0317. The van der Waals surface area contributed by atoms with Crippen LogP contribution in [-0.4, -0.2) is 66.4 Å². The maximum atomic E-state index is 12.0. The number of amides is 6. The molecule has 1 aliphatic rings. The Morgan fingerprint density at radius 2 is 1.18 bits per heavy atom. The molecule has 6 amide bonds. The quantitative estimate of drug-likeness (QED) is 0.589. The molecule has 0 spiro atoms. The van der Waals surface area contributed by atoms with Crippen molar-refractivity contribution in [2.24, 2.45) is 0 Å². The van der Waals surface area contributed by atoms with Crippen molar-refractivity contribution in [1.29, 1.82) is 0 Å². The Morgan fingerprint density at radius 1 is 0.864 bits per heavy atom. The van der Waals surface area contributed by atoms with Gasteiger partial charge in [-0.05, 0) is 27.7 Å². The number of urea groups is 3. The van der Waals surface area contributed by atoms with E-state index in [0.29, 0.717) is 0 Å². The summed E-state index contributed by atoms with van der Waals surface area (Å²) < 4.78 is 0. The largest absolute Gasteiger partial charge is 0.336 e. The summed E-state index contributed by atoms with van der Waals surface area (Å²) in [6.45, 7) is 7.34. The Balaban J connectivity index is 2.79. The van der Waals surface area contributed by atoms with Gasteiger partial charge in [-0.25, -0.2) is 14.4 Å². The summed E-state index contributed by atoms with van der Waals surface area (Å²) in [7, 11) is 3.14. The van der Waals surface area contributed by atoms with Crippen LogP contribution >= 0.6 is 0 Å². The average Bonchev–Trinajstić information content (AvgIpc) is 2.54. The lowest BCUT2D eigenvalue weighted by Gasteiger charge is -2.27. The van der Waals surface area contributed by atoms with E-state index >= 15 is 0 Å². The molecule has 1 aliphatic heterocycles. The molecule has 0 radical (unpaired) electrons. The van der Waals surface area contributed by atoms with E-state index in [2.05, 4.69) is 21.3 Å². The molecule has 126 valence electrons. The lowest BCUT2D eigenvalue weighted by molar-refractivity contribution is 0.192. The topological polar surface area (TPSA) is 106 Å². The Hall–Kier alpha value is -2.19. The first-order valence-electron chi connectivity index (χ1n) is 7.27. The number of nitrogens with zero attached hydrogens (tertiary/aromatic N) is 2. The molecule has 22 heavy (non-hydrogen) atoms. The molecular weight excluding hydrogens is 288 g/mol. The molecule has 1 rings (SSSR count). The Labute approximate surface area is 130 Å². The molecule has 0 bridgehead atoms. The second-order valence-electron chi connectivity index (χ2n) is 5.94. The highest BCUT2D eigenvalue weighted by Gasteiger charge is 2.43. The third kappa shape index (κ3) is 4.40. The summed E-state index contributed by atoms with van der Waals surface area (Å²) in [6.07, 6.45) is -1.32. The fraction of sp³-hybridized carbons (Fsp3) is 0.769. The third-order valence-electron chi connectivity index (χ3n) is 3.13. The van der Waals surface area contributed by atoms with Gasteiger partial charge in [-0.1, -0.05) is 0 Å². The molecule has 0 unspecified atom stereocenters. The van der Waals surface area contributed by atoms with Crippen molar-refractivity contribution in [3.8, 4) is 0 Å². The lowest BCUT2D eigenvalue weighted by Crippen LogP contribution is -2.60. The molecule has 0 aromatic carbocycles. The second kappa shape index (κ2) is 7.19. The van der Waals surface area contributed by atoms with Crippen molar-refractivity contribution in [3.05, 3.63) is 0 Å². The molecule has 9 heteroatoms. The van der Waals surface area contributed by atoms with Crippen molar-refractivity contribution in [3.63, 3.8) is 0 Å². The van der Waals surface area contributed by atoms with Crippen molar-refractivity contribution < 1.29 is 14.4 Å². The predicted molar refractivity (Wildman–Crippen MR) is 82.1 cm³/mol. The molecule has 4 N–H and O–H groups in total. The van der Waals surface area contributed by atoms with E-state index in [4.69, 9.17) is 0 Å². The van der Waals surface area contributed by atoms with Crippen molar-refractivity contribution >= 4 is 18.1 Å². The van der Waals surface area contributed by atoms with Gasteiger partial charge in [0.15, 0.2) is 0 Å². The minimum Gasteiger partial charge on any atom is -0.336 e. The number of hydrogen-bond donors (Lipinski definition) is 4. The molecule has 1 heterocycles. The zero-order valence-electron chi connectivity index (χ0n) is 13.9. The molecule has 0 aromatic heterocycles. The summed E-state index contributed by atoms with van der Waals surface area (Å²) in [5.41, 5.74) is 0. The zero-order chi connectivity index (χ0) is 17.0. The van der Waals surface area contributed by atoms with Crippen LogP contribution in [0, 0.1) is 0 Å². The average molecular weight is 314 g/mol. The normalized spacial score (nSPS) is 21.4. The van der Waals surface area contributed by atoms with Gasteiger partial charge in [0.25, 0.3) is 0 Å². The number of carbonyl (C=O) groups excluding carboxylic acids is 3. The van der Waals surface area contributed by atoms with Crippen molar-refractivity contribution in [1.82, 2.24) is 31.1 Å². The molecule has 1 saturated heterocycles. The number of rotatable bonds is 4. The Bertz CT molecular complexity index is 401. The van der Waals surface area contributed by atoms with Gasteiger partial charge in [-0.2, -0.15) is 0 Å². The first-order valence-corrected chi connectivity index (χ1v) is 7.27. The first-order chi connectivity index (χ1) is 10.1. The number of nitrogens with one attached hydrogen (secondary N) is 4. The fourth-order valence-corrected chi connectivity index (χ4v) is 2.14. The summed E-state index contributed by atoms with van der Waals surface area (Å²) >= 11 is 0. The van der Waals surface area contributed by atoms with E-state index in [0.717, 1.165) is 0 Å². The van der Waals surface area contributed by atoms with Gasteiger partial charge in [-0.15, -0.1) is 0 Å². The Morgan fingerprint density at radius 3 is 1.45 bits per heavy atom. The standard InChI is InChI=1S/C13H26N6O3/c1-7(2)14-11(20)16-9-10(17-12(21)15-8(3)4)19(6)13(22)18(9)5/h7-10H,1-6H3,(H2,14,16,20)(H2,15,17,21)/t9-,10+. The van der Waals surface area contributed by atoms with Gasteiger partial charge in [0.2, 0.25) is 0 Å². The van der Waals surface area contributed by atoms with E-state index in [1.54, 1.807) is 14.1 Å². The number of hydrogen-bond acceptors (Lipinski definition) is 3. The van der Waals surface area contributed by atoms with Crippen LogP contribution in [0.5, 0.6) is 0 Å². The van der Waals surface area contributed by atoms with Gasteiger partial charge in [0, 0.05) is 26.2 Å². The lowest BCUT2D eigenvalue weighted by atomic mass is 10.3. The molecule has 0 aliphatic carbocycles. The highest BCUT2D eigenvalue weighted by Crippen LogP contribution is 2.16. The van der Waals surface area contributed by atoms with Crippen LogP contribution in [0.25, 0.3) is 0 Å². The van der Waals surface area contributed by atoms with Crippen LogP contribution in [0.2, 0.25) is 0 Å². The highest BCUT2D eigenvalue weighted by molar-refractivity contribution is 5.82. The molecule has 2 atom stereocenters. The maximum absolute atomic E-state index is 12.0. The van der Waals surface area contributed by atoms with E-state index in [1.807, 2.05) is 27.7 Å². The van der Waals surface area contributed by atoms with Gasteiger partial charge in [0.1, 0.15) is 12.3 Å². The third-order valence-corrected chi connectivity index (χ3v) is 3.13. The molecule has 0 aromatic rings. The van der Waals surface area contributed by atoms with Gasteiger partial charge in [0.05, 0.1) is 0 Å². The second-order valence-corrected chi connectivity index (χ2v) is 5.94. The van der Waals surface area contributed by atoms with Gasteiger partial charge < -0.3 is 31.1 Å². The smallest absolute Gasteiger partial charge is 0.323 e. The molecule has 9 nitrogen and oxygen atoms in total. The van der Waals surface area contributed by atoms with Gasteiger partial charge >= 0.3 is 18.1 Å². The fourth-order valence-electron chi connectivity index (χ4n) is 2.14. The van der Waals surface area contributed by atoms with Crippen LogP contribution < -0.4 is 21.3 Å². The van der Waals surface area contributed by atoms with Crippen LogP contribution in [0.3, 0.4) is 0 Å². The van der Waals surface area contributed by atoms with Gasteiger partial charge in [-0.3, -0.25) is 0 Å². The summed E-state index contributed by atoms with van der Waals surface area (Å²) in [4.78, 5) is 38.5. The van der Waals surface area contributed by atoms with Crippen LogP contribution in [0.1, 0.15) is 27.7 Å². The minimum atomic E-state index is -0.658. The van der Waals surface area contributed by atoms with E-state index in [-0.39, 0.29) is 18.1 Å². The molecular formula is C13H26N6O3. The molecule has 0 saturated carbocycles. The maximum Gasteiger partial charge on any atom is 0.323 e. The summed E-state index contributed by atoms with van der Waals surface area (Å²) in [5.74, 6) is 0. The Kier molecular flexibility index (Phi) is 5.84. The van der Waals surface area contributed by atoms with E-state index in [1.165, 1.54) is 9.80 Å². The number of carbonyl (C=O) groups is 3. The molecule has 1 fully saturated rings. The van der Waals surface area contributed by atoms with Crippen molar-refractivity contribution in [2.45, 2.75) is 52.1 Å². The van der Waals surface area contributed by atoms with E-state index < -0.39 is 24.4 Å². The van der Waals surface area contributed by atoms with Crippen LogP contribution in [-0.2, 0) is 0 Å². The highest BCUT2D eigenvalue weighted by atomic mass is 16.2. The summed E-state index contributed by atoms with van der Waals surface area (Å²) in [5, 5.41) is 10.8. The number of likely N-dealkylation sites (N-methyl/N-ethyl adjacent to an activating group) is 2. The van der Waals surface area contributed by atoms with E-state index in [9.17, 15) is 14.4 Å². The monoisotopic (exact) mass is 314 g/mol. The van der Waals surface area contributed by atoms with Crippen molar-refractivity contribution in [2.75, 3.05) is 14.1 Å². The predicted octanol–water partition coefficient (Wildman–Crippen LogP) is 0.0510. The van der Waals surface area contributed by atoms with Crippen LogP contribution in [0.15, 0.2) is 0 Å². The van der Waals surface area contributed by atoms with Crippen LogP contribution in [0.4, 0.5) is 14.4 Å². The summed E-state index contributed by atoms with van der Waals surface area (Å²) in [6, 6.07) is -1.15. The zero-order valence-corrected chi connectivity index (χ0v) is 13.9. The SMILES string of the molecule is CC(C)NC(=O)N[C@@H]1[C@H](NC(=O)NC(C)C)N(C)C(=O)N1C. The first kappa shape index (κ1) is 17.9.